The molecule has 1 aromatic rings. The van der Waals surface area contributed by atoms with Gasteiger partial charge in [0, 0.05) is 0 Å². The number of fused-ring (bicyclic) bond motifs is 1. The standard InChI is InChI=1S/C18H26/c1-18(2,3)17-15-10-6-9-14(15)11-12-16(17)13-7-4-5-8-13/h11-13H,4-10H2,1-3H3. The molecule has 0 radical (unpaired) electrons. The van der Waals surface area contributed by atoms with E-state index in [1.807, 2.05) is 0 Å². The highest BCUT2D eigenvalue weighted by Crippen LogP contribution is 2.43. The molecule has 0 aromatic heterocycles. The van der Waals surface area contributed by atoms with Crippen LogP contribution in [-0.4, -0.2) is 0 Å². The van der Waals surface area contributed by atoms with E-state index in [-0.39, 0.29) is 0 Å². The Bertz CT molecular complexity index is 442. The van der Waals surface area contributed by atoms with Gasteiger partial charge in [-0.25, -0.2) is 0 Å². The average Bonchev–Trinajstić information content (AvgIpc) is 2.97. The number of hydrogen-bond donors (Lipinski definition) is 0. The number of aryl methyl sites for hydroxylation is 1. The maximum atomic E-state index is 2.47. The van der Waals surface area contributed by atoms with Crippen LogP contribution in [0.4, 0.5) is 0 Å². The van der Waals surface area contributed by atoms with Gasteiger partial charge in [0.05, 0.1) is 0 Å². The molecule has 2 aliphatic carbocycles. The minimum Gasteiger partial charge on any atom is -0.0585 e. The van der Waals surface area contributed by atoms with Crippen molar-refractivity contribution in [2.75, 3.05) is 0 Å². The summed E-state index contributed by atoms with van der Waals surface area (Å²) >= 11 is 0. The lowest BCUT2D eigenvalue weighted by molar-refractivity contribution is 0.562. The molecule has 0 amide bonds. The fourth-order valence-electron chi connectivity index (χ4n) is 4.15. The van der Waals surface area contributed by atoms with E-state index >= 15 is 0 Å². The molecule has 2 aliphatic rings. The lowest BCUT2D eigenvalue weighted by Gasteiger charge is -2.29. The van der Waals surface area contributed by atoms with Crippen molar-refractivity contribution in [2.45, 2.75) is 77.0 Å². The molecular weight excluding hydrogens is 216 g/mol. The molecule has 1 aromatic carbocycles. The van der Waals surface area contributed by atoms with Gasteiger partial charge in [-0.15, -0.1) is 0 Å². The van der Waals surface area contributed by atoms with E-state index in [1.54, 1.807) is 22.3 Å². The normalized spacial score (nSPS) is 20.4. The summed E-state index contributed by atoms with van der Waals surface area (Å²) in [6, 6.07) is 4.91. The van der Waals surface area contributed by atoms with Crippen molar-refractivity contribution in [1.29, 1.82) is 0 Å². The first-order valence-electron chi connectivity index (χ1n) is 7.72. The van der Waals surface area contributed by atoms with E-state index in [1.165, 1.54) is 44.9 Å². The van der Waals surface area contributed by atoms with Gasteiger partial charge in [0.25, 0.3) is 0 Å². The molecule has 0 spiro atoms. The van der Waals surface area contributed by atoms with Gasteiger partial charge in [0.15, 0.2) is 0 Å². The minimum atomic E-state index is 0.313. The zero-order valence-electron chi connectivity index (χ0n) is 12.2. The molecule has 3 rings (SSSR count). The number of rotatable bonds is 1. The van der Waals surface area contributed by atoms with Crippen LogP contribution < -0.4 is 0 Å². The first kappa shape index (κ1) is 12.3. The Hall–Kier alpha value is -0.780. The molecule has 1 saturated carbocycles. The van der Waals surface area contributed by atoms with Crippen molar-refractivity contribution < 1.29 is 0 Å². The Balaban J connectivity index is 2.13. The molecule has 0 bridgehead atoms. The van der Waals surface area contributed by atoms with Crippen LogP contribution in [0.1, 0.15) is 81.0 Å². The predicted molar refractivity (Wildman–Crippen MR) is 78.4 cm³/mol. The third-order valence-electron chi connectivity index (χ3n) is 4.86. The molecule has 0 saturated heterocycles. The first-order chi connectivity index (χ1) is 8.57. The predicted octanol–water partition coefficient (Wildman–Crippen LogP) is 5.13. The van der Waals surface area contributed by atoms with Gasteiger partial charge in [-0.05, 0) is 65.7 Å². The van der Waals surface area contributed by atoms with Gasteiger partial charge in [0.2, 0.25) is 0 Å². The maximum absolute atomic E-state index is 2.47. The molecule has 98 valence electrons. The summed E-state index contributed by atoms with van der Waals surface area (Å²) in [4.78, 5) is 0. The van der Waals surface area contributed by atoms with Crippen LogP contribution in [-0.2, 0) is 18.3 Å². The van der Waals surface area contributed by atoms with Gasteiger partial charge >= 0.3 is 0 Å². The third-order valence-corrected chi connectivity index (χ3v) is 4.86. The van der Waals surface area contributed by atoms with E-state index in [4.69, 9.17) is 0 Å². The second-order valence-corrected chi connectivity index (χ2v) is 7.25. The maximum Gasteiger partial charge on any atom is -0.0126 e. The van der Waals surface area contributed by atoms with E-state index < -0.39 is 0 Å². The summed E-state index contributed by atoms with van der Waals surface area (Å²) in [5.74, 6) is 0.852. The van der Waals surface area contributed by atoms with Crippen LogP contribution in [0.3, 0.4) is 0 Å². The van der Waals surface area contributed by atoms with Gasteiger partial charge in [-0.3, -0.25) is 0 Å². The quantitative estimate of drug-likeness (QED) is 0.640. The molecule has 0 atom stereocenters. The van der Waals surface area contributed by atoms with Crippen LogP contribution in [0.15, 0.2) is 12.1 Å². The molecule has 1 fully saturated rings. The summed E-state index contributed by atoms with van der Waals surface area (Å²) in [7, 11) is 0. The van der Waals surface area contributed by atoms with Crippen molar-refractivity contribution in [3.63, 3.8) is 0 Å². The molecule has 0 heterocycles. The van der Waals surface area contributed by atoms with E-state index in [0.717, 1.165) is 5.92 Å². The van der Waals surface area contributed by atoms with Gasteiger partial charge < -0.3 is 0 Å². The minimum absolute atomic E-state index is 0.313. The highest BCUT2D eigenvalue weighted by Gasteiger charge is 2.29. The summed E-state index contributed by atoms with van der Waals surface area (Å²) < 4.78 is 0. The van der Waals surface area contributed by atoms with E-state index in [2.05, 4.69) is 32.9 Å². The number of hydrogen-bond acceptors (Lipinski definition) is 0. The van der Waals surface area contributed by atoms with Gasteiger partial charge in [0.1, 0.15) is 0 Å². The van der Waals surface area contributed by atoms with E-state index in [9.17, 15) is 0 Å². The average molecular weight is 242 g/mol. The van der Waals surface area contributed by atoms with Gasteiger partial charge in [-0.1, -0.05) is 45.7 Å². The van der Waals surface area contributed by atoms with Crippen LogP contribution >= 0.6 is 0 Å². The summed E-state index contributed by atoms with van der Waals surface area (Å²) in [6.45, 7) is 7.21. The largest absolute Gasteiger partial charge is 0.0585 e. The molecular formula is C18H26. The van der Waals surface area contributed by atoms with Crippen molar-refractivity contribution in [3.8, 4) is 0 Å². The fourth-order valence-corrected chi connectivity index (χ4v) is 4.15. The summed E-state index contributed by atoms with van der Waals surface area (Å²) in [5.41, 5.74) is 7.08. The fraction of sp³-hybridized carbons (Fsp3) is 0.667. The molecule has 0 nitrogen and oxygen atoms in total. The lowest BCUT2D eigenvalue weighted by Crippen LogP contribution is -2.18. The summed E-state index contributed by atoms with van der Waals surface area (Å²) in [5, 5.41) is 0. The zero-order valence-corrected chi connectivity index (χ0v) is 12.2. The molecule has 0 unspecified atom stereocenters. The SMILES string of the molecule is CC(C)(C)c1c(C2CCCC2)ccc2c1CCC2. The Morgan fingerprint density at radius 2 is 1.67 bits per heavy atom. The van der Waals surface area contributed by atoms with Crippen LogP contribution in [0.25, 0.3) is 0 Å². The van der Waals surface area contributed by atoms with Crippen molar-refractivity contribution >= 4 is 0 Å². The van der Waals surface area contributed by atoms with Crippen molar-refractivity contribution in [2.24, 2.45) is 0 Å². The second kappa shape index (κ2) is 4.40. The van der Waals surface area contributed by atoms with Crippen LogP contribution in [0.2, 0.25) is 0 Å². The highest BCUT2D eigenvalue weighted by molar-refractivity contribution is 5.48. The Labute approximate surface area is 112 Å². The van der Waals surface area contributed by atoms with Gasteiger partial charge in [-0.2, -0.15) is 0 Å². The third kappa shape index (κ3) is 2.00. The Kier molecular flexibility index (Phi) is 3.00. The molecule has 0 heteroatoms. The topological polar surface area (TPSA) is 0 Å². The lowest BCUT2D eigenvalue weighted by atomic mass is 9.76. The first-order valence-corrected chi connectivity index (χ1v) is 7.72. The Morgan fingerprint density at radius 1 is 0.944 bits per heavy atom. The Morgan fingerprint density at radius 3 is 2.33 bits per heavy atom. The van der Waals surface area contributed by atoms with Crippen LogP contribution in [0, 0.1) is 0 Å². The monoisotopic (exact) mass is 242 g/mol. The zero-order chi connectivity index (χ0) is 12.8. The van der Waals surface area contributed by atoms with Crippen molar-refractivity contribution in [3.05, 3.63) is 34.4 Å². The van der Waals surface area contributed by atoms with Crippen molar-refractivity contribution in [1.82, 2.24) is 0 Å². The number of benzene rings is 1. The highest BCUT2D eigenvalue weighted by atomic mass is 14.3. The summed E-state index contributed by atoms with van der Waals surface area (Å²) in [6.07, 6.45) is 9.71. The second-order valence-electron chi connectivity index (χ2n) is 7.25. The molecule has 0 aliphatic heterocycles. The molecule has 0 N–H and O–H groups in total. The molecule has 18 heavy (non-hydrogen) atoms. The van der Waals surface area contributed by atoms with Crippen LogP contribution in [0.5, 0.6) is 0 Å². The van der Waals surface area contributed by atoms with E-state index in [0.29, 0.717) is 5.41 Å². The smallest absolute Gasteiger partial charge is 0.0126 e.